The molecule has 1 aliphatic heterocycles. The van der Waals surface area contributed by atoms with E-state index in [9.17, 15) is 18.4 Å². The maximum atomic E-state index is 14.0. The first kappa shape index (κ1) is 24.9. The first-order valence-electron chi connectivity index (χ1n) is 11.4. The molecule has 7 nitrogen and oxygen atoms in total. The van der Waals surface area contributed by atoms with Gasteiger partial charge < -0.3 is 10.6 Å². The summed E-state index contributed by atoms with van der Waals surface area (Å²) in [6.45, 7) is 5.21. The third-order valence-corrected chi connectivity index (χ3v) is 6.58. The number of nitrogens with zero attached hydrogens (tertiary/aromatic N) is 3. The van der Waals surface area contributed by atoms with Gasteiger partial charge in [0.25, 0.3) is 0 Å². The molecule has 184 valence electrons. The second-order valence-electron chi connectivity index (χ2n) is 8.32. The van der Waals surface area contributed by atoms with Gasteiger partial charge in [-0.25, -0.2) is 13.8 Å². The van der Waals surface area contributed by atoms with Gasteiger partial charge in [0.1, 0.15) is 11.6 Å². The van der Waals surface area contributed by atoms with Gasteiger partial charge in [-0.3, -0.25) is 19.4 Å². The van der Waals surface area contributed by atoms with Crippen LogP contribution in [-0.4, -0.2) is 65.9 Å². The number of hydrogen-bond acceptors (Lipinski definition) is 6. The number of carbonyl (C=O) groups is 2. The van der Waals surface area contributed by atoms with Crippen molar-refractivity contribution in [1.82, 2.24) is 14.8 Å². The molecule has 3 aromatic rings. The van der Waals surface area contributed by atoms with Crippen molar-refractivity contribution in [2.45, 2.75) is 13.3 Å². The lowest BCUT2D eigenvalue weighted by Gasteiger charge is -2.33. The molecule has 1 saturated heterocycles. The molecule has 0 radical (unpaired) electrons. The van der Waals surface area contributed by atoms with Crippen LogP contribution in [0.3, 0.4) is 0 Å². The van der Waals surface area contributed by atoms with Crippen LogP contribution in [0.1, 0.15) is 12.5 Å². The number of aromatic nitrogens is 1. The van der Waals surface area contributed by atoms with Crippen LogP contribution in [0, 0.1) is 11.6 Å². The van der Waals surface area contributed by atoms with Crippen molar-refractivity contribution < 1.29 is 18.4 Å². The summed E-state index contributed by atoms with van der Waals surface area (Å²) in [7, 11) is 0. The highest BCUT2D eigenvalue weighted by Crippen LogP contribution is 2.27. The first-order chi connectivity index (χ1) is 16.9. The number of carbonyl (C=O) groups excluding carboxylic acids is 2. The number of hydrogen-bond donors (Lipinski definition) is 2. The number of para-hydroxylation sites is 1. The Morgan fingerprint density at radius 2 is 1.63 bits per heavy atom. The number of halogens is 2. The summed E-state index contributed by atoms with van der Waals surface area (Å²) in [5, 5.41) is 7.63. The molecule has 0 bridgehead atoms. The number of rotatable bonds is 8. The topological polar surface area (TPSA) is 77.6 Å². The molecule has 0 atom stereocenters. The van der Waals surface area contributed by atoms with E-state index >= 15 is 0 Å². The molecule has 0 unspecified atom stereocenters. The quantitative estimate of drug-likeness (QED) is 0.493. The highest BCUT2D eigenvalue weighted by Gasteiger charge is 2.21. The van der Waals surface area contributed by atoms with Crippen molar-refractivity contribution in [2.75, 3.05) is 49.9 Å². The zero-order valence-corrected chi connectivity index (χ0v) is 20.2. The lowest BCUT2D eigenvalue weighted by atomic mass is 10.1. The van der Waals surface area contributed by atoms with Crippen LogP contribution in [0.25, 0.3) is 11.3 Å². The summed E-state index contributed by atoms with van der Waals surface area (Å²) < 4.78 is 27.4. The number of piperazine rings is 1. The van der Waals surface area contributed by atoms with Crippen LogP contribution in [0.5, 0.6) is 0 Å². The standard InChI is InChI=1S/C25H27F2N5O2S/c1-2-17-5-3-4-6-21(17)28-23(33)14-31-9-11-32(12-10-31)15-24(34)30-25-29-22(16-35-25)19-13-18(26)7-8-20(19)27/h3-8,13,16H,2,9-12,14-15H2,1H3,(H,28,33)(H,29,30,34). The minimum atomic E-state index is -0.573. The fourth-order valence-corrected chi connectivity index (χ4v) is 4.69. The van der Waals surface area contributed by atoms with E-state index in [0.717, 1.165) is 47.2 Å². The molecule has 2 heterocycles. The molecule has 35 heavy (non-hydrogen) atoms. The molecule has 1 fully saturated rings. The normalized spacial score (nSPS) is 14.6. The molecule has 1 aliphatic rings. The molecular weight excluding hydrogens is 472 g/mol. The Labute approximate surface area is 206 Å². The van der Waals surface area contributed by atoms with Crippen LogP contribution in [-0.2, 0) is 16.0 Å². The van der Waals surface area contributed by atoms with Crippen molar-refractivity contribution in [2.24, 2.45) is 0 Å². The molecule has 0 saturated carbocycles. The predicted molar refractivity (Wildman–Crippen MR) is 133 cm³/mol. The fraction of sp³-hybridized carbons (Fsp3) is 0.320. The zero-order valence-electron chi connectivity index (χ0n) is 19.4. The van der Waals surface area contributed by atoms with Gasteiger partial charge in [0.15, 0.2) is 5.13 Å². The van der Waals surface area contributed by atoms with Crippen LogP contribution in [0.15, 0.2) is 47.8 Å². The number of aryl methyl sites for hydroxylation is 1. The average Bonchev–Trinajstić information content (AvgIpc) is 3.30. The first-order valence-corrected chi connectivity index (χ1v) is 12.3. The van der Waals surface area contributed by atoms with Crippen LogP contribution in [0.2, 0.25) is 0 Å². The minimum absolute atomic E-state index is 0.0496. The van der Waals surface area contributed by atoms with Crippen LogP contribution < -0.4 is 10.6 Å². The smallest absolute Gasteiger partial charge is 0.240 e. The van der Waals surface area contributed by atoms with Crippen molar-refractivity contribution in [1.29, 1.82) is 0 Å². The maximum absolute atomic E-state index is 14.0. The molecule has 2 aromatic carbocycles. The molecule has 2 N–H and O–H groups in total. The van der Waals surface area contributed by atoms with E-state index in [1.807, 2.05) is 29.2 Å². The predicted octanol–water partition coefficient (Wildman–Crippen LogP) is 3.85. The van der Waals surface area contributed by atoms with Gasteiger partial charge in [0.05, 0.1) is 18.8 Å². The monoisotopic (exact) mass is 499 g/mol. The van der Waals surface area contributed by atoms with Crippen LogP contribution >= 0.6 is 11.3 Å². The largest absolute Gasteiger partial charge is 0.325 e. The van der Waals surface area contributed by atoms with E-state index in [2.05, 4.69) is 27.4 Å². The molecule has 4 rings (SSSR count). The van der Waals surface area contributed by atoms with Crippen molar-refractivity contribution in [3.05, 3.63) is 65.0 Å². The Balaban J connectivity index is 1.22. The summed E-state index contributed by atoms with van der Waals surface area (Å²) in [6.07, 6.45) is 0.848. The van der Waals surface area contributed by atoms with Gasteiger partial charge in [0.2, 0.25) is 11.8 Å². The van der Waals surface area contributed by atoms with Gasteiger partial charge in [-0.05, 0) is 36.2 Å². The van der Waals surface area contributed by atoms with E-state index in [4.69, 9.17) is 0 Å². The number of benzene rings is 2. The number of nitrogens with one attached hydrogen (secondary N) is 2. The summed E-state index contributed by atoms with van der Waals surface area (Å²) in [6, 6.07) is 11.0. The highest BCUT2D eigenvalue weighted by atomic mass is 32.1. The third kappa shape index (κ3) is 6.68. The molecule has 10 heteroatoms. The Kier molecular flexibility index (Phi) is 8.17. The fourth-order valence-electron chi connectivity index (χ4n) is 3.96. The number of anilines is 2. The zero-order chi connectivity index (χ0) is 24.8. The van der Waals surface area contributed by atoms with Crippen LogP contribution in [0.4, 0.5) is 19.6 Å². The van der Waals surface area contributed by atoms with Gasteiger partial charge in [-0.2, -0.15) is 0 Å². The van der Waals surface area contributed by atoms with E-state index in [0.29, 0.717) is 37.9 Å². The van der Waals surface area contributed by atoms with Gasteiger partial charge in [0, 0.05) is 42.8 Å². The molecule has 0 aliphatic carbocycles. The Morgan fingerprint density at radius 3 is 2.31 bits per heavy atom. The average molecular weight is 500 g/mol. The summed E-state index contributed by atoms with van der Waals surface area (Å²) in [5.74, 6) is -1.41. The maximum Gasteiger partial charge on any atom is 0.240 e. The molecule has 2 amide bonds. The summed E-state index contributed by atoms with van der Waals surface area (Å²) in [5.41, 5.74) is 2.28. The third-order valence-electron chi connectivity index (χ3n) is 5.83. The van der Waals surface area contributed by atoms with Gasteiger partial charge in [-0.1, -0.05) is 25.1 Å². The van der Waals surface area contributed by atoms with E-state index < -0.39 is 11.6 Å². The molecule has 1 aromatic heterocycles. The Hall–Kier alpha value is -3.21. The van der Waals surface area contributed by atoms with E-state index in [1.54, 1.807) is 5.38 Å². The lowest BCUT2D eigenvalue weighted by molar-refractivity contribution is -0.120. The van der Waals surface area contributed by atoms with Gasteiger partial charge >= 0.3 is 0 Å². The Bertz CT molecular complexity index is 1190. The van der Waals surface area contributed by atoms with Crippen molar-refractivity contribution in [3.8, 4) is 11.3 Å². The SMILES string of the molecule is CCc1ccccc1NC(=O)CN1CCN(CC(=O)Nc2nc(-c3cc(F)ccc3F)cs2)CC1. The summed E-state index contributed by atoms with van der Waals surface area (Å²) >= 11 is 1.16. The van der Waals surface area contributed by atoms with E-state index in [1.165, 1.54) is 0 Å². The second-order valence-corrected chi connectivity index (χ2v) is 9.18. The number of amides is 2. The van der Waals surface area contributed by atoms with Crippen molar-refractivity contribution >= 4 is 34.0 Å². The highest BCUT2D eigenvalue weighted by molar-refractivity contribution is 7.14. The molecular formula is C25H27F2N5O2S. The minimum Gasteiger partial charge on any atom is -0.325 e. The molecule has 0 spiro atoms. The second kappa shape index (κ2) is 11.5. The van der Waals surface area contributed by atoms with Gasteiger partial charge in [-0.15, -0.1) is 11.3 Å². The Morgan fingerprint density at radius 1 is 0.971 bits per heavy atom. The number of thiazole rings is 1. The van der Waals surface area contributed by atoms with Crippen molar-refractivity contribution in [3.63, 3.8) is 0 Å². The lowest BCUT2D eigenvalue weighted by Crippen LogP contribution is -2.50. The summed E-state index contributed by atoms with van der Waals surface area (Å²) in [4.78, 5) is 33.2. The van der Waals surface area contributed by atoms with E-state index in [-0.39, 0.29) is 29.6 Å².